The Morgan fingerprint density at radius 2 is 2.17 bits per heavy atom. The number of nitrogens with one attached hydrogen (secondary N) is 1. The van der Waals surface area contributed by atoms with Gasteiger partial charge in [0.15, 0.2) is 11.5 Å². The van der Waals surface area contributed by atoms with Gasteiger partial charge in [-0.1, -0.05) is 0 Å². The van der Waals surface area contributed by atoms with Crippen molar-refractivity contribution in [3.63, 3.8) is 0 Å². The summed E-state index contributed by atoms with van der Waals surface area (Å²) >= 11 is 0. The molecule has 1 saturated heterocycles. The molecule has 0 saturated carbocycles. The van der Waals surface area contributed by atoms with Gasteiger partial charge in [-0.15, -0.1) is 0 Å². The number of methoxy groups -OCH3 is 1. The van der Waals surface area contributed by atoms with E-state index < -0.39 is 0 Å². The SMILES string of the molecule is CCNC(=O)[C@@H]1C[C@@H](N)CN1Cc1cc2c(cc1OC)OCO2. The molecule has 0 spiro atoms. The Bertz CT molecular complexity index is 593. The van der Waals surface area contributed by atoms with Gasteiger partial charge in [0.25, 0.3) is 0 Å². The molecule has 1 fully saturated rings. The molecule has 2 aliphatic heterocycles. The molecule has 7 heteroatoms. The number of rotatable bonds is 5. The lowest BCUT2D eigenvalue weighted by Crippen LogP contribution is -2.42. The van der Waals surface area contributed by atoms with Crippen molar-refractivity contribution in [3.05, 3.63) is 17.7 Å². The molecule has 2 aliphatic rings. The summed E-state index contributed by atoms with van der Waals surface area (Å²) in [5.74, 6) is 2.15. The number of fused-ring (bicyclic) bond motifs is 1. The summed E-state index contributed by atoms with van der Waals surface area (Å²) in [7, 11) is 1.62. The topological polar surface area (TPSA) is 86.1 Å². The number of benzene rings is 1. The second-order valence-corrected chi connectivity index (χ2v) is 5.85. The van der Waals surface area contributed by atoms with Crippen LogP contribution in [0.25, 0.3) is 0 Å². The number of hydrogen-bond acceptors (Lipinski definition) is 6. The van der Waals surface area contributed by atoms with Crippen molar-refractivity contribution < 1.29 is 19.0 Å². The molecule has 0 aliphatic carbocycles. The highest BCUT2D eigenvalue weighted by Crippen LogP contribution is 2.39. The highest BCUT2D eigenvalue weighted by atomic mass is 16.7. The average molecular weight is 321 g/mol. The van der Waals surface area contributed by atoms with Crippen molar-refractivity contribution in [2.24, 2.45) is 5.73 Å². The van der Waals surface area contributed by atoms with Crippen molar-refractivity contribution in [2.75, 3.05) is 27.0 Å². The van der Waals surface area contributed by atoms with Gasteiger partial charge in [0.1, 0.15) is 5.75 Å². The van der Waals surface area contributed by atoms with Crippen LogP contribution in [-0.2, 0) is 11.3 Å². The Labute approximate surface area is 135 Å². The van der Waals surface area contributed by atoms with Gasteiger partial charge in [-0.2, -0.15) is 0 Å². The quantitative estimate of drug-likeness (QED) is 0.819. The predicted molar refractivity (Wildman–Crippen MR) is 84.6 cm³/mol. The monoisotopic (exact) mass is 321 g/mol. The third-order valence-corrected chi connectivity index (χ3v) is 4.24. The number of carbonyl (C=O) groups is 1. The number of ether oxygens (including phenoxy) is 3. The summed E-state index contributed by atoms with van der Waals surface area (Å²) in [6, 6.07) is 3.54. The van der Waals surface area contributed by atoms with Crippen LogP contribution in [0.15, 0.2) is 12.1 Å². The molecular formula is C16H23N3O4. The molecule has 126 valence electrons. The van der Waals surface area contributed by atoms with Crippen LogP contribution in [0.2, 0.25) is 0 Å². The van der Waals surface area contributed by atoms with E-state index in [1.165, 1.54) is 0 Å². The Balaban J connectivity index is 1.81. The molecule has 1 aromatic carbocycles. The molecule has 7 nitrogen and oxygen atoms in total. The molecule has 0 aromatic heterocycles. The number of carbonyl (C=O) groups excluding carboxylic acids is 1. The summed E-state index contributed by atoms with van der Waals surface area (Å²) in [5, 5.41) is 2.88. The average Bonchev–Trinajstić information content (AvgIpc) is 3.12. The lowest BCUT2D eigenvalue weighted by Gasteiger charge is -2.24. The molecule has 0 radical (unpaired) electrons. The zero-order valence-electron chi connectivity index (χ0n) is 13.5. The lowest BCUT2D eigenvalue weighted by molar-refractivity contribution is -0.125. The van der Waals surface area contributed by atoms with E-state index >= 15 is 0 Å². The minimum atomic E-state index is -0.208. The number of amides is 1. The second kappa shape index (κ2) is 6.64. The molecule has 2 heterocycles. The van der Waals surface area contributed by atoms with Gasteiger partial charge in [-0.05, 0) is 19.4 Å². The second-order valence-electron chi connectivity index (χ2n) is 5.85. The molecule has 2 atom stereocenters. The number of nitrogens with two attached hydrogens (primary N) is 1. The largest absolute Gasteiger partial charge is 0.496 e. The Kier molecular flexibility index (Phi) is 4.58. The first-order valence-electron chi connectivity index (χ1n) is 7.86. The van der Waals surface area contributed by atoms with E-state index in [0.29, 0.717) is 37.6 Å². The van der Waals surface area contributed by atoms with Crippen LogP contribution >= 0.6 is 0 Å². The summed E-state index contributed by atoms with van der Waals surface area (Å²) in [5.41, 5.74) is 7.02. The number of likely N-dealkylation sites (N-methyl/N-ethyl adjacent to an activating group) is 1. The van der Waals surface area contributed by atoms with E-state index in [4.69, 9.17) is 19.9 Å². The van der Waals surface area contributed by atoms with E-state index in [1.54, 1.807) is 7.11 Å². The zero-order valence-corrected chi connectivity index (χ0v) is 13.5. The van der Waals surface area contributed by atoms with Gasteiger partial charge in [-0.3, -0.25) is 9.69 Å². The normalized spacial score (nSPS) is 23.1. The maximum Gasteiger partial charge on any atom is 0.237 e. The molecule has 1 amide bonds. The van der Waals surface area contributed by atoms with Crippen LogP contribution in [-0.4, -0.2) is 49.9 Å². The van der Waals surface area contributed by atoms with E-state index in [1.807, 2.05) is 19.1 Å². The van der Waals surface area contributed by atoms with Crippen LogP contribution in [0.3, 0.4) is 0 Å². The van der Waals surface area contributed by atoms with Crippen LogP contribution < -0.4 is 25.3 Å². The summed E-state index contributed by atoms with van der Waals surface area (Å²) in [4.78, 5) is 14.3. The Hall–Kier alpha value is -1.99. The van der Waals surface area contributed by atoms with Crippen molar-refractivity contribution >= 4 is 5.91 Å². The van der Waals surface area contributed by atoms with Gasteiger partial charge < -0.3 is 25.3 Å². The van der Waals surface area contributed by atoms with Crippen molar-refractivity contribution in [2.45, 2.75) is 32.0 Å². The van der Waals surface area contributed by atoms with Crippen LogP contribution in [0.5, 0.6) is 17.2 Å². The predicted octanol–water partition coefficient (Wildman–Crippen LogP) is 0.462. The third-order valence-electron chi connectivity index (χ3n) is 4.24. The van der Waals surface area contributed by atoms with Crippen molar-refractivity contribution in [1.82, 2.24) is 10.2 Å². The minimum absolute atomic E-state index is 0.00242. The van der Waals surface area contributed by atoms with Crippen LogP contribution in [0.4, 0.5) is 0 Å². The van der Waals surface area contributed by atoms with E-state index in [9.17, 15) is 4.79 Å². The van der Waals surface area contributed by atoms with E-state index in [-0.39, 0.29) is 24.8 Å². The number of likely N-dealkylation sites (tertiary alicyclic amines) is 1. The highest BCUT2D eigenvalue weighted by molar-refractivity contribution is 5.82. The van der Waals surface area contributed by atoms with Gasteiger partial charge in [-0.25, -0.2) is 0 Å². The number of hydrogen-bond donors (Lipinski definition) is 2. The molecule has 1 aromatic rings. The van der Waals surface area contributed by atoms with Gasteiger partial charge in [0, 0.05) is 37.3 Å². The number of nitrogens with zero attached hydrogens (tertiary/aromatic N) is 1. The van der Waals surface area contributed by atoms with E-state index in [0.717, 1.165) is 11.3 Å². The van der Waals surface area contributed by atoms with Crippen LogP contribution in [0, 0.1) is 0 Å². The molecular weight excluding hydrogens is 298 g/mol. The Morgan fingerprint density at radius 1 is 1.43 bits per heavy atom. The molecule has 23 heavy (non-hydrogen) atoms. The first kappa shape index (κ1) is 15.9. The maximum absolute atomic E-state index is 12.2. The molecule has 3 N–H and O–H groups in total. The van der Waals surface area contributed by atoms with Crippen LogP contribution in [0.1, 0.15) is 18.9 Å². The zero-order chi connectivity index (χ0) is 16.4. The third kappa shape index (κ3) is 3.20. The van der Waals surface area contributed by atoms with Gasteiger partial charge >= 0.3 is 0 Å². The summed E-state index contributed by atoms with van der Waals surface area (Å²) in [6.45, 7) is 4.01. The first-order valence-corrected chi connectivity index (χ1v) is 7.86. The van der Waals surface area contributed by atoms with Crippen molar-refractivity contribution in [3.8, 4) is 17.2 Å². The fraction of sp³-hybridized carbons (Fsp3) is 0.562. The minimum Gasteiger partial charge on any atom is -0.496 e. The molecule has 3 rings (SSSR count). The summed E-state index contributed by atoms with van der Waals surface area (Å²) < 4.78 is 16.3. The lowest BCUT2D eigenvalue weighted by atomic mass is 10.1. The van der Waals surface area contributed by atoms with Crippen molar-refractivity contribution in [1.29, 1.82) is 0 Å². The van der Waals surface area contributed by atoms with E-state index in [2.05, 4.69) is 10.2 Å². The first-order chi connectivity index (χ1) is 11.1. The smallest absolute Gasteiger partial charge is 0.237 e. The highest BCUT2D eigenvalue weighted by Gasteiger charge is 2.35. The fourth-order valence-electron chi connectivity index (χ4n) is 3.18. The fourth-order valence-corrected chi connectivity index (χ4v) is 3.18. The maximum atomic E-state index is 12.2. The standard InChI is InChI=1S/C16H23N3O4/c1-3-18-16(20)12-5-11(17)8-19(12)7-10-4-14-15(23-9-22-14)6-13(10)21-2/h4,6,11-12H,3,5,7-9,17H2,1-2H3,(H,18,20)/t11-,12+/m1/s1. The molecule has 0 unspecified atom stereocenters. The Morgan fingerprint density at radius 3 is 2.87 bits per heavy atom. The molecule has 0 bridgehead atoms. The van der Waals surface area contributed by atoms with Gasteiger partial charge in [0.2, 0.25) is 12.7 Å². The van der Waals surface area contributed by atoms with Gasteiger partial charge in [0.05, 0.1) is 13.2 Å². The summed E-state index contributed by atoms with van der Waals surface area (Å²) in [6.07, 6.45) is 0.665.